The van der Waals surface area contributed by atoms with Crippen LogP contribution in [0.25, 0.3) is 0 Å². The monoisotopic (exact) mass is 443 g/mol. The van der Waals surface area contributed by atoms with Gasteiger partial charge in [-0.1, -0.05) is 19.1 Å². The van der Waals surface area contributed by atoms with Gasteiger partial charge in [-0.2, -0.15) is 0 Å². The van der Waals surface area contributed by atoms with E-state index in [0.717, 1.165) is 41.9 Å². The maximum Gasteiger partial charge on any atom is 0.325 e. The minimum Gasteiger partial charge on any atom is -0.497 e. The Balaban J connectivity index is 1.40. The zero-order valence-electron chi connectivity index (χ0n) is 18.9. The molecule has 1 spiro atoms. The number of amides is 4. The number of carbonyl (C=O) groups excluding carboxylic acids is 3. The number of methoxy groups -OCH3 is 1. The summed E-state index contributed by atoms with van der Waals surface area (Å²) in [6.45, 7) is 3.57. The number of carbonyl (C=O) groups is 3. The van der Waals surface area contributed by atoms with E-state index < -0.39 is 11.6 Å². The molecule has 0 atom stereocenters. The number of hydrogen-bond donors (Lipinski definition) is 2. The van der Waals surface area contributed by atoms with Gasteiger partial charge in [-0.25, -0.2) is 4.79 Å². The summed E-state index contributed by atoms with van der Waals surface area (Å²) in [5.41, 5.74) is 0.0414. The molecule has 0 radical (unpaired) electrons. The van der Waals surface area contributed by atoms with Gasteiger partial charge in [0.05, 0.1) is 7.11 Å². The number of ether oxygens (including phenoxy) is 2. The number of benzene rings is 1. The van der Waals surface area contributed by atoms with Gasteiger partial charge in [-0.05, 0) is 62.1 Å². The molecule has 1 aliphatic carbocycles. The first-order valence-electron chi connectivity index (χ1n) is 11.5. The van der Waals surface area contributed by atoms with Crippen LogP contribution in [0.5, 0.6) is 5.75 Å². The smallest absolute Gasteiger partial charge is 0.325 e. The van der Waals surface area contributed by atoms with E-state index in [1.165, 1.54) is 0 Å². The molecule has 174 valence electrons. The van der Waals surface area contributed by atoms with Gasteiger partial charge in [0, 0.05) is 25.2 Å². The standard InChI is InChI=1S/C24H33N3O5/c1-17-7-9-24(10-8-17)21(29)27(22(30)26-24)15-20(28)25-16-23(11-13-32-14-12-23)18-3-5-19(31-2)6-4-18/h3-6,17H,7-16H2,1-2H3,(H,25,28)(H,26,30). The first-order chi connectivity index (χ1) is 15.4. The van der Waals surface area contributed by atoms with E-state index in [2.05, 4.69) is 17.6 Å². The molecule has 4 amide bonds. The molecule has 0 bridgehead atoms. The molecule has 3 fully saturated rings. The van der Waals surface area contributed by atoms with Gasteiger partial charge in [0.1, 0.15) is 17.8 Å². The van der Waals surface area contributed by atoms with E-state index in [4.69, 9.17) is 9.47 Å². The third-order valence-corrected chi connectivity index (χ3v) is 7.45. The second-order valence-electron chi connectivity index (χ2n) is 9.48. The van der Waals surface area contributed by atoms with Crippen molar-refractivity contribution in [3.63, 3.8) is 0 Å². The van der Waals surface area contributed by atoms with Crippen LogP contribution in [0.15, 0.2) is 24.3 Å². The summed E-state index contributed by atoms with van der Waals surface area (Å²) in [7, 11) is 1.63. The molecule has 2 saturated heterocycles. The van der Waals surface area contributed by atoms with Gasteiger partial charge in [-0.3, -0.25) is 14.5 Å². The molecule has 8 heteroatoms. The van der Waals surface area contributed by atoms with E-state index in [1.807, 2.05) is 24.3 Å². The lowest BCUT2D eigenvalue weighted by atomic mass is 9.74. The Kier molecular flexibility index (Phi) is 6.42. The maximum absolute atomic E-state index is 13.0. The Morgan fingerprint density at radius 3 is 2.44 bits per heavy atom. The lowest BCUT2D eigenvalue weighted by molar-refractivity contribution is -0.136. The van der Waals surface area contributed by atoms with Crippen LogP contribution in [-0.2, 0) is 19.7 Å². The Bertz CT molecular complexity index is 855. The molecule has 2 N–H and O–H groups in total. The molecule has 2 heterocycles. The highest BCUT2D eigenvalue weighted by Crippen LogP contribution is 2.37. The van der Waals surface area contributed by atoms with Crippen LogP contribution < -0.4 is 15.4 Å². The first-order valence-corrected chi connectivity index (χ1v) is 11.5. The van der Waals surface area contributed by atoms with Crippen LogP contribution in [0.2, 0.25) is 0 Å². The molecule has 3 aliphatic rings. The second kappa shape index (κ2) is 9.10. The third kappa shape index (κ3) is 4.33. The fourth-order valence-corrected chi connectivity index (χ4v) is 5.16. The van der Waals surface area contributed by atoms with Gasteiger partial charge in [0.2, 0.25) is 5.91 Å². The van der Waals surface area contributed by atoms with E-state index in [0.29, 0.717) is 38.5 Å². The Morgan fingerprint density at radius 2 is 1.81 bits per heavy atom. The maximum atomic E-state index is 13.0. The summed E-state index contributed by atoms with van der Waals surface area (Å²) in [6.07, 6.45) is 4.64. The van der Waals surface area contributed by atoms with Crippen molar-refractivity contribution in [2.24, 2.45) is 5.92 Å². The number of nitrogens with zero attached hydrogens (tertiary/aromatic N) is 1. The first kappa shape index (κ1) is 22.6. The van der Waals surface area contributed by atoms with Crippen molar-refractivity contribution in [3.05, 3.63) is 29.8 Å². The summed E-state index contributed by atoms with van der Waals surface area (Å²) in [6, 6.07) is 7.44. The molecular formula is C24H33N3O5. The minimum absolute atomic E-state index is 0.252. The fraction of sp³-hybridized carbons (Fsp3) is 0.625. The Labute approximate surface area is 189 Å². The zero-order chi connectivity index (χ0) is 22.8. The SMILES string of the molecule is COc1ccc(C2(CNC(=O)CN3C(=O)NC4(CCC(C)CC4)C3=O)CCOCC2)cc1. The van der Waals surface area contributed by atoms with Crippen LogP contribution in [0.1, 0.15) is 51.0 Å². The van der Waals surface area contributed by atoms with Crippen LogP contribution >= 0.6 is 0 Å². The van der Waals surface area contributed by atoms with Crippen molar-refractivity contribution in [3.8, 4) is 5.75 Å². The van der Waals surface area contributed by atoms with E-state index >= 15 is 0 Å². The Hall–Kier alpha value is -2.61. The number of hydrogen-bond acceptors (Lipinski definition) is 5. The highest BCUT2D eigenvalue weighted by Gasteiger charge is 2.52. The average Bonchev–Trinajstić information content (AvgIpc) is 3.04. The van der Waals surface area contributed by atoms with Crippen molar-refractivity contribution in [2.75, 3.05) is 33.4 Å². The van der Waals surface area contributed by atoms with Crippen molar-refractivity contribution >= 4 is 17.8 Å². The number of nitrogens with one attached hydrogen (secondary N) is 2. The fourth-order valence-electron chi connectivity index (χ4n) is 5.16. The largest absolute Gasteiger partial charge is 0.497 e. The van der Waals surface area contributed by atoms with E-state index in [1.54, 1.807) is 7.11 Å². The molecule has 1 aromatic carbocycles. The summed E-state index contributed by atoms with van der Waals surface area (Å²) >= 11 is 0. The van der Waals surface area contributed by atoms with E-state index in [9.17, 15) is 14.4 Å². The number of imide groups is 1. The molecule has 2 aliphatic heterocycles. The van der Waals surface area contributed by atoms with Crippen molar-refractivity contribution in [1.29, 1.82) is 0 Å². The predicted molar refractivity (Wildman–Crippen MR) is 118 cm³/mol. The molecule has 0 aromatic heterocycles. The van der Waals surface area contributed by atoms with Gasteiger partial charge in [0.25, 0.3) is 5.91 Å². The van der Waals surface area contributed by atoms with Crippen molar-refractivity contribution in [2.45, 2.75) is 56.4 Å². The topological polar surface area (TPSA) is 97.0 Å². The summed E-state index contributed by atoms with van der Waals surface area (Å²) in [4.78, 5) is 39.4. The predicted octanol–water partition coefficient (Wildman–Crippen LogP) is 2.36. The van der Waals surface area contributed by atoms with Gasteiger partial charge >= 0.3 is 6.03 Å². The van der Waals surface area contributed by atoms with Crippen molar-refractivity contribution in [1.82, 2.24) is 15.5 Å². The molecule has 1 saturated carbocycles. The summed E-state index contributed by atoms with van der Waals surface area (Å²) in [5, 5.41) is 5.86. The minimum atomic E-state index is -0.825. The third-order valence-electron chi connectivity index (χ3n) is 7.45. The van der Waals surface area contributed by atoms with Crippen LogP contribution in [0.4, 0.5) is 4.79 Å². The Morgan fingerprint density at radius 1 is 1.16 bits per heavy atom. The average molecular weight is 444 g/mol. The zero-order valence-corrected chi connectivity index (χ0v) is 18.9. The lowest BCUT2D eigenvalue weighted by Gasteiger charge is -2.38. The highest BCUT2D eigenvalue weighted by molar-refractivity contribution is 6.09. The molecule has 4 rings (SSSR count). The second-order valence-corrected chi connectivity index (χ2v) is 9.48. The highest BCUT2D eigenvalue weighted by atomic mass is 16.5. The van der Waals surface area contributed by atoms with Gasteiger partial charge < -0.3 is 20.1 Å². The molecule has 1 aromatic rings. The lowest BCUT2D eigenvalue weighted by Crippen LogP contribution is -2.50. The normalized spacial score (nSPS) is 27.3. The van der Waals surface area contributed by atoms with Crippen LogP contribution in [0.3, 0.4) is 0 Å². The number of rotatable bonds is 6. The molecule has 32 heavy (non-hydrogen) atoms. The molecule has 8 nitrogen and oxygen atoms in total. The number of urea groups is 1. The van der Waals surface area contributed by atoms with Crippen molar-refractivity contribution < 1.29 is 23.9 Å². The summed E-state index contributed by atoms with van der Waals surface area (Å²) < 4.78 is 10.8. The van der Waals surface area contributed by atoms with Crippen LogP contribution in [-0.4, -0.2) is 61.7 Å². The van der Waals surface area contributed by atoms with Gasteiger partial charge in [0.15, 0.2) is 0 Å². The molecular weight excluding hydrogens is 410 g/mol. The van der Waals surface area contributed by atoms with Crippen LogP contribution in [0, 0.1) is 5.92 Å². The molecule has 0 unspecified atom stereocenters. The van der Waals surface area contributed by atoms with E-state index in [-0.39, 0.29) is 23.8 Å². The quantitative estimate of drug-likeness (QED) is 0.658. The summed E-state index contributed by atoms with van der Waals surface area (Å²) in [5.74, 6) is 0.746. The van der Waals surface area contributed by atoms with Gasteiger partial charge in [-0.15, -0.1) is 0 Å².